The highest BCUT2D eigenvalue weighted by Crippen LogP contribution is 1.86. The lowest BCUT2D eigenvalue weighted by atomic mass is 10.3. The van der Waals surface area contributed by atoms with Crippen LogP contribution in [0.15, 0.2) is 0 Å². The summed E-state index contributed by atoms with van der Waals surface area (Å²) >= 11 is 0. The van der Waals surface area contributed by atoms with E-state index in [1.165, 1.54) is 0 Å². The van der Waals surface area contributed by atoms with E-state index in [4.69, 9.17) is 9.84 Å². The Morgan fingerprint density at radius 1 is 1.54 bits per heavy atom. The smallest absolute Gasteiger partial charge is 0.222 e. The number of hydrogen-bond acceptors (Lipinski definition) is 3. The minimum atomic E-state index is -0.486. The molecule has 0 aliphatic rings. The van der Waals surface area contributed by atoms with Crippen LogP contribution in [0.4, 0.5) is 0 Å². The average Bonchev–Trinajstić information content (AvgIpc) is 2.09. The highest BCUT2D eigenvalue weighted by atomic mass is 16.5. The number of ether oxygens (including phenoxy) is 1. The summed E-state index contributed by atoms with van der Waals surface area (Å²) in [6.07, 6.45) is 0.850. The van der Waals surface area contributed by atoms with Gasteiger partial charge in [-0.25, -0.2) is 0 Å². The summed E-state index contributed by atoms with van der Waals surface area (Å²) in [5.41, 5.74) is 0. The van der Waals surface area contributed by atoms with E-state index in [0.717, 1.165) is 6.42 Å². The van der Waals surface area contributed by atoms with Crippen molar-refractivity contribution in [1.29, 1.82) is 0 Å². The number of rotatable bonds is 7. The fourth-order valence-electron chi connectivity index (χ4n) is 0.761. The Morgan fingerprint density at radius 3 is 2.77 bits per heavy atom. The first kappa shape index (κ1) is 12.4. The van der Waals surface area contributed by atoms with Gasteiger partial charge in [0.25, 0.3) is 0 Å². The molecule has 0 aromatic carbocycles. The Morgan fingerprint density at radius 2 is 2.23 bits per heavy atom. The van der Waals surface area contributed by atoms with Gasteiger partial charge in [0.2, 0.25) is 5.91 Å². The van der Waals surface area contributed by atoms with E-state index in [1.807, 2.05) is 6.92 Å². The zero-order chi connectivity index (χ0) is 10.1. The summed E-state index contributed by atoms with van der Waals surface area (Å²) in [5.74, 6) is -0.0722. The molecule has 1 atom stereocenters. The molecular weight excluding hydrogens is 170 g/mol. The number of carbonyl (C=O) groups excluding carboxylic acids is 1. The molecule has 0 fully saturated rings. The van der Waals surface area contributed by atoms with Crippen molar-refractivity contribution in [2.24, 2.45) is 0 Å². The second kappa shape index (κ2) is 8.01. The Bertz CT molecular complexity index is 137. The van der Waals surface area contributed by atoms with Crippen molar-refractivity contribution >= 4 is 5.91 Å². The molecule has 0 heterocycles. The van der Waals surface area contributed by atoms with E-state index in [9.17, 15) is 4.79 Å². The van der Waals surface area contributed by atoms with Crippen LogP contribution in [0.2, 0.25) is 0 Å². The van der Waals surface area contributed by atoms with Crippen LogP contribution in [-0.4, -0.2) is 36.9 Å². The molecule has 0 bridgehead atoms. The first-order valence-corrected chi connectivity index (χ1v) is 4.69. The largest absolute Gasteiger partial charge is 0.392 e. The Labute approximate surface area is 79.3 Å². The fourth-order valence-corrected chi connectivity index (χ4v) is 0.761. The van der Waals surface area contributed by atoms with Crippen molar-refractivity contribution in [1.82, 2.24) is 5.32 Å². The Hall–Kier alpha value is -0.610. The van der Waals surface area contributed by atoms with Crippen LogP contribution < -0.4 is 5.32 Å². The van der Waals surface area contributed by atoms with Crippen molar-refractivity contribution in [2.75, 3.05) is 19.8 Å². The summed E-state index contributed by atoms with van der Waals surface area (Å²) in [6, 6.07) is 0. The number of hydrogen-bond donors (Lipinski definition) is 2. The Balaban J connectivity index is 3.20. The predicted octanol–water partition coefficient (Wildman–Crippen LogP) is 0.300. The lowest BCUT2D eigenvalue weighted by molar-refractivity contribution is -0.122. The summed E-state index contributed by atoms with van der Waals surface area (Å²) in [4.78, 5) is 11.0. The van der Waals surface area contributed by atoms with Crippen LogP contribution in [0.3, 0.4) is 0 Å². The van der Waals surface area contributed by atoms with Crippen LogP contribution in [0.5, 0.6) is 0 Å². The summed E-state index contributed by atoms with van der Waals surface area (Å²) in [5, 5.41) is 11.5. The second-order valence-corrected chi connectivity index (χ2v) is 3.02. The lowest BCUT2D eigenvalue weighted by Crippen LogP contribution is -2.31. The molecule has 0 aliphatic heterocycles. The van der Waals surface area contributed by atoms with Crippen LogP contribution >= 0.6 is 0 Å². The van der Waals surface area contributed by atoms with Crippen molar-refractivity contribution in [2.45, 2.75) is 32.8 Å². The van der Waals surface area contributed by atoms with Gasteiger partial charge < -0.3 is 15.2 Å². The molecule has 13 heavy (non-hydrogen) atoms. The molecule has 4 nitrogen and oxygen atoms in total. The van der Waals surface area contributed by atoms with Gasteiger partial charge >= 0.3 is 0 Å². The molecule has 78 valence electrons. The third-order valence-electron chi connectivity index (χ3n) is 1.42. The number of carbonyl (C=O) groups is 1. The molecule has 0 aromatic rings. The molecule has 0 unspecified atom stereocenters. The van der Waals surface area contributed by atoms with Gasteiger partial charge in [0.05, 0.1) is 12.7 Å². The number of aliphatic hydroxyl groups is 1. The minimum absolute atomic E-state index is 0.0722. The normalized spacial score (nSPS) is 12.5. The summed E-state index contributed by atoms with van der Waals surface area (Å²) in [6.45, 7) is 5.12. The lowest BCUT2D eigenvalue weighted by Gasteiger charge is -2.06. The van der Waals surface area contributed by atoms with Crippen LogP contribution in [-0.2, 0) is 9.53 Å². The molecule has 2 N–H and O–H groups in total. The maximum atomic E-state index is 11.0. The Kier molecular flexibility index (Phi) is 7.63. The SMILES string of the molecule is CCCOCCC(=O)NC[C@H](C)O. The summed E-state index contributed by atoms with van der Waals surface area (Å²) < 4.78 is 5.14. The van der Waals surface area contributed by atoms with E-state index >= 15 is 0 Å². The van der Waals surface area contributed by atoms with E-state index in [-0.39, 0.29) is 5.91 Å². The van der Waals surface area contributed by atoms with Gasteiger partial charge in [0.1, 0.15) is 0 Å². The molecule has 0 aliphatic carbocycles. The van der Waals surface area contributed by atoms with E-state index in [0.29, 0.717) is 26.2 Å². The van der Waals surface area contributed by atoms with Crippen LogP contribution in [0, 0.1) is 0 Å². The monoisotopic (exact) mass is 189 g/mol. The van der Waals surface area contributed by atoms with Gasteiger partial charge in [-0.3, -0.25) is 4.79 Å². The number of amides is 1. The van der Waals surface area contributed by atoms with Gasteiger partial charge in [-0.15, -0.1) is 0 Å². The number of nitrogens with one attached hydrogen (secondary N) is 1. The third-order valence-corrected chi connectivity index (χ3v) is 1.42. The molecule has 4 heteroatoms. The molecule has 0 aromatic heterocycles. The molecule has 1 amide bonds. The van der Waals surface area contributed by atoms with Gasteiger partial charge in [-0.1, -0.05) is 6.92 Å². The van der Waals surface area contributed by atoms with Gasteiger partial charge in [0, 0.05) is 19.6 Å². The van der Waals surface area contributed by atoms with Gasteiger partial charge in [0.15, 0.2) is 0 Å². The van der Waals surface area contributed by atoms with Gasteiger partial charge in [-0.2, -0.15) is 0 Å². The van der Waals surface area contributed by atoms with Crippen LogP contribution in [0.1, 0.15) is 26.7 Å². The molecule has 0 saturated heterocycles. The third kappa shape index (κ3) is 9.30. The molecule has 0 saturated carbocycles. The zero-order valence-corrected chi connectivity index (χ0v) is 8.38. The van der Waals surface area contributed by atoms with Crippen LogP contribution in [0.25, 0.3) is 0 Å². The molecule has 0 spiro atoms. The van der Waals surface area contributed by atoms with E-state index in [1.54, 1.807) is 6.92 Å². The van der Waals surface area contributed by atoms with Crippen molar-refractivity contribution in [3.8, 4) is 0 Å². The number of aliphatic hydroxyl groups excluding tert-OH is 1. The summed E-state index contributed by atoms with van der Waals surface area (Å²) in [7, 11) is 0. The predicted molar refractivity (Wildman–Crippen MR) is 50.4 cm³/mol. The maximum Gasteiger partial charge on any atom is 0.222 e. The molecule has 0 radical (unpaired) electrons. The quantitative estimate of drug-likeness (QED) is 0.566. The van der Waals surface area contributed by atoms with Crippen molar-refractivity contribution < 1.29 is 14.6 Å². The highest BCUT2D eigenvalue weighted by molar-refractivity contribution is 5.75. The average molecular weight is 189 g/mol. The first-order valence-electron chi connectivity index (χ1n) is 4.69. The van der Waals surface area contributed by atoms with Gasteiger partial charge in [-0.05, 0) is 13.3 Å². The van der Waals surface area contributed by atoms with E-state index < -0.39 is 6.10 Å². The standard InChI is InChI=1S/C9H19NO3/c1-3-5-13-6-4-9(12)10-7-8(2)11/h8,11H,3-7H2,1-2H3,(H,10,12)/t8-/m0/s1. The van der Waals surface area contributed by atoms with E-state index in [2.05, 4.69) is 5.32 Å². The first-order chi connectivity index (χ1) is 6.16. The topological polar surface area (TPSA) is 58.6 Å². The molecular formula is C9H19NO3. The van der Waals surface area contributed by atoms with Crippen molar-refractivity contribution in [3.05, 3.63) is 0 Å². The van der Waals surface area contributed by atoms with Crippen molar-refractivity contribution in [3.63, 3.8) is 0 Å². The second-order valence-electron chi connectivity index (χ2n) is 3.02. The fraction of sp³-hybridized carbons (Fsp3) is 0.889. The minimum Gasteiger partial charge on any atom is -0.392 e. The highest BCUT2D eigenvalue weighted by Gasteiger charge is 2.01. The maximum absolute atomic E-state index is 11.0. The molecule has 0 rings (SSSR count). The zero-order valence-electron chi connectivity index (χ0n) is 8.38.